The summed E-state index contributed by atoms with van der Waals surface area (Å²) in [6.45, 7) is 0. The first kappa shape index (κ1) is 12.7. The summed E-state index contributed by atoms with van der Waals surface area (Å²) in [5.74, 6) is -0.331. The zero-order valence-electron chi connectivity index (χ0n) is 9.56. The van der Waals surface area contributed by atoms with Crippen LogP contribution in [0.5, 0.6) is 0 Å². The van der Waals surface area contributed by atoms with Gasteiger partial charge >= 0.3 is 5.97 Å². The van der Waals surface area contributed by atoms with E-state index in [0.29, 0.717) is 0 Å². The van der Waals surface area contributed by atoms with Gasteiger partial charge in [-0.25, -0.2) is 0 Å². The Kier molecular flexibility index (Phi) is 4.72. The molecule has 0 atom stereocenters. The zero-order valence-corrected chi connectivity index (χ0v) is 9.56. The minimum absolute atomic E-state index is 0.161. The predicted molar refractivity (Wildman–Crippen MR) is 60.8 cm³/mol. The van der Waals surface area contributed by atoms with Crippen LogP contribution in [0, 0.1) is 22.7 Å². The van der Waals surface area contributed by atoms with E-state index in [0.717, 1.165) is 16.7 Å². The van der Waals surface area contributed by atoms with Crippen molar-refractivity contribution in [2.45, 2.75) is 19.3 Å². The van der Waals surface area contributed by atoms with Crippen molar-refractivity contribution < 1.29 is 9.53 Å². The minimum Gasteiger partial charge on any atom is -0.469 e. The Morgan fingerprint density at radius 1 is 1.12 bits per heavy atom. The molecular weight excluding hydrogens is 216 g/mol. The number of benzene rings is 1. The molecule has 0 saturated carbocycles. The average Bonchev–Trinajstić information content (AvgIpc) is 2.29. The molecule has 0 N–H and O–H groups in total. The van der Waals surface area contributed by atoms with E-state index in [1.165, 1.54) is 7.11 Å². The summed E-state index contributed by atoms with van der Waals surface area (Å²) in [6.07, 6.45) is 0.703. The van der Waals surface area contributed by atoms with Crippen molar-refractivity contribution in [1.82, 2.24) is 0 Å². The van der Waals surface area contributed by atoms with Gasteiger partial charge in [-0.2, -0.15) is 10.5 Å². The van der Waals surface area contributed by atoms with Crippen LogP contribution in [0.3, 0.4) is 0 Å². The maximum absolute atomic E-state index is 11.2. The summed E-state index contributed by atoms with van der Waals surface area (Å²) >= 11 is 0. The van der Waals surface area contributed by atoms with Crippen LogP contribution >= 0.6 is 0 Å². The Hall–Kier alpha value is -2.33. The van der Waals surface area contributed by atoms with E-state index in [9.17, 15) is 4.79 Å². The topological polar surface area (TPSA) is 73.9 Å². The number of nitrogens with zero attached hydrogens (tertiary/aromatic N) is 2. The monoisotopic (exact) mass is 228 g/mol. The molecule has 1 aromatic carbocycles. The summed E-state index contributed by atoms with van der Waals surface area (Å²) in [7, 11) is 1.33. The molecule has 0 heterocycles. The molecule has 1 rings (SSSR count). The van der Waals surface area contributed by atoms with E-state index in [-0.39, 0.29) is 25.2 Å². The average molecular weight is 228 g/mol. The summed E-state index contributed by atoms with van der Waals surface area (Å²) in [4.78, 5) is 11.2. The van der Waals surface area contributed by atoms with Gasteiger partial charge in [-0.15, -0.1) is 0 Å². The fourth-order valence-corrected chi connectivity index (χ4v) is 1.57. The Balaban J connectivity index is 3.00. The summed E-state index contributed by atoms with van der Waals surface area (Å²) < 4.78 is 4.58. The van der Waals surface area contributed by atoms with Gasteiger partial charge in [0.05, 0.1) is 38.5 Å². The number of nitriles is 2. The smallest absolute Gasteiger partial charge is 0.309 e. The van der Waals surface area contributed by atoms with Crippen LogP contribution in [0.15, 0.2) is 18.2 Å². The minimum atomic E-state index is -0.331. The quantitative estimate of drug-likeness (QED) is 0.732. The van der Waals surface area contributed by atoms with Gasteiger partial charge in [0.15, 0.2) is 0 Å². The molecular formula is C13H12N2O2. The molecule has 17 heavy (non-hydrogen) atoms. The van der Waals surface area contributed by atoms with Gasteiger partial charge in [-0.1, -0.05) is 18.2 Å². The van der Waals surface area contributed by atoms with E-state index in [2.05, 4.69) is 4.74 Å². The van der Waals surface area contributed by atoms with Crippen LogP contribution in [-0.2, 0) is 28.8 Å². The Labute approximate surface area is 100 Å². The zero-order chi connectivity index (χ0) is 12.7. The number of rotatable bonds is 4. The van der Waals surface area contributed by atoms with Crippen molar-refractivity contribution >= 4 is 5.97 Å². The lowest BCUT2D eigenvalue weighted by atomic mass is 10.0. The first-order valence-electron chi connectivity index (χ1n) is 5.12. The first-order valence-corrected chi connectivity index (χ1v) is 5.12. The Morgan fingerprint density at radius 2 is 1.59 bits per heavy atom. The molecule has 1 aromatic rings. The largest absolute Gasteiger partial charge is 0.469 e. The molecule has 0 aliphatic carbocycles. The predicted octanol–water partition coefficient (Wildman–Crippen LogP) is 1.53. The number of esters is 1. The maximum Gasteiger partial charge on any atom is 0.309 e. The van der Waals surface area contributed by atoms with Crippen molar-refractivity contribution in [3.8, 4) is 12.1 Å². The van der Waals surface area contributed by atoms with E-state index in [1.54, 1.807) is 12.1 Å². The molecule has 4 heteroatoms. The highest BCUT2D eigenvalue weighted by atomic mass is 16.5. The number of carbonyl (C=O) groups excluding carboxylic acids is 1. The normalized spacial score (nSPS) is 9.12. The van der Waals surface area contributed by atoms with Crippen LogP contribution in [-0.4, -0.2) is 13.1 Å². The molecule has 4 nitrogen and oxygen atoms in total. The van der Waals surface area contributed by atoms with Gasteiger partial charge in [-0.3, -0.25) is 4.79 Å². The van der Waals surface area contributed by atoms with Crippen LogP contribution < -0.4 is 0 Å². The number of methoxy groups -OCH3 is 1. The van der Waals surface area contributed by atoms with Crippen molar-refractivity contribution in [2.24, 2.45) is 0 Å². The molecule has 0 spiro atoms. The van der Waals surface area contributed by atoms with Gasteiger partial charge in [0.2, 0.25) is 0 Å². The SMILES string of the molecule is COC(=O)Cc1cc(CC#N)cc(CC#N)c1. The number of hydrogen-bond acceptors (Lipinski definition) is 4. The number of hydrogen-bond donors (Lipinski definition) is 0. The Morgan fingerprint density at radius 3 is 2.00 bits per heavy atom. The molecule has 86 valence electrons. The highest BCUT2D eigenvalue weighted by molar-refractivity contribution is 5.72. The van der Waals surface area contributed by atoms with Gasteiger partial charge in [0.25, 0.3) is 0 Å². The highest BCUT2D eigenvalue weighted by Gasteiger charge is 2.06. The lowest BCUT2D eigenvalue weighted by Crippen LogP contribution is -2.05. The van der Waals surface area contributed by atoms with E-state index >= 15 is 0 Å². The molecule has 0 unspecified atom stereocenters. The van der Waals surface area contributed by atoms with Crippen LogP contribution in [0.2, 0.25) is 0 Å². The van der Waals surface area contributed by atoms with Gasteiger partial charge in [0.1, 0.15) is 0 Å². The third-order valence-corrected chi connectivity index (χ3v) is 2.25. The van der Waals surface area contributed by atoms with Crippen molar-refractivity contribution in [2.75, 3.05) is 7.11 Å². The number of ether oxygens (including phenoxy) is 1. The molecule has 0 aliphatic rings. The fourth-order valence-electron chi connectivity index (χ4n) is 1.57. The Bertz CT molecular complexity index is 461. The molecule has 0 bridgehead atoms. The molecule has 0 saturated heterocycles. The van der Waals surface area contributed by atoms with Crippen LogP contribution in [0.25, 0.3) is 0 Å². The second kappa shape index (κ2) is 6.30. The molecule has 0 radical (unpaired) electrons. The van der Waals surface area contributed by atoms with Crippen LogP contribution in [0.1, 0.15) is 16.7 Å². The van der Waals surface area contributed by atoms with Gasteiger partial charge in [-0.05, 0) is 16.7 Å². The molecule has 0 aromatic heterocycles. The first-order chi connectivity index (χ1) is 8.19. The third-order valence-electron chi connectivity index (χ3n) is 2.25. The van der Waals surface area contributed by atoms with E-state index in [4.69, 9.17) is 10.5 Å². The second-order valence-electron chi connectivity index (χ2n) is 3.58. The van der Waals surface area contributed by atoms with Crippen LogP contribution in [0.4, 0.5) is 0 Å². The van der Waals surface area contributed by atoms with Gasteiger partial charge < -0.3 is 4.74 Å². The second-order valence-corrected chi connectivity index (χ2v) is 3.58. The molecule has 0 fully saturated rings. The third kappa shape index (κ3) is 3.96. The van der Waals surface area contributed by atoms with Crippen molar-refractivity contribution in [1.29, 1.82) is 10.5 Å². The van der Waals surface area contributed by atoms with E-state index in [1.807, 2.05) is 18.2 Å². The number of carbonyl (C=O) groups is 1. The summed E-state index contributed by atoms with van der Waals surface area (Å²) in [6, 6.07) is 9.50. The standard InChI is InChI=1S/C13H12N2O2/c1-17-13(16)9-12-7-10(2-4-14)6-11(8-12)3-5-15/h6-8H,2-3,9H2,1H3. The lowest BCUT2D eigenvalue weighted by Gasteiger charge is -2.05. The summed E-state index contributed by atoms with van der Waals surface area (Å²) in [5.41, 5.74) is 2.41. The van der Waals surface area contributed by atoms with Gasteiger partial charge in [0, 0.05) is 0 Å². The van der Waals surface area contributed by atoms with E-state index < -0.39 is 0 Å². The summed E-state index contributed by atoms with van der Waals surface area (Å²) in [5, 5.41) is 17.3. The van der Waals surface area contributed by atoms with Crippen molar-refractivity contribution in [3.63, 3.8) is 0 Å². The van der Waals surface area contributed by atoms with Crippen molar-refractivity contribution in [3.05, 3.63) is 34.9 Å². The maximum atomic E-state index is 11.2. The molecule has 0 amide bonds. The lowest BCUT2D eigenvalue weighted by molar-refractivity contribution is -0.139. The highest BCUT2D eigenvalue weighted by Crippen LogP contribution is 2.13. The molecule has 0 aliphatic heterocycles. The fraction of sp³-hybridized carbons (Fsp3) is 0.308.